The summed E-state index contributed by atoms with van der Waals surface area (Å²) in [7, 11) is 0. The van der Waals surface area contributed by atoms with Crippen molar-refractivity contribution in [3.05, 3.63) is 0 Å². The molecule has 1 amide bonds. The van der Waals surface area contributed by atoms with Crippen LogP contribution in [0.1, 0.15) is 71.6 Å². The van der Waals surface area contributed by atoms with Gasteiger partial charge in [-0.1, -0.05) is 52.4 Å². The van der Waals surface area contributed by atoms with Crippen LogP contribution in [0.5, 0.6) is 0 Å². The second kappa shape index (κ2) is 10.2. The van der Waals surface area contributed by atoms with Gasteiger partial charge in [-0.25, -0.2) is 0 Å². The molecule has 112 valence electrons. The molecule has 1 rings (SSSR count). The van der Waals surface area contributed by atoms with Gasteiger partial charge in [0.25, 0.3) is 0 Å². The fourth-order valence-corrected chi connectivity index (χ4v) is 2.62. The van der Waals surface area contributed by atoms with Gasteiger partial charge in [-0.3, -0.25) is 4.79 Å². The number of carbonyl (C=O) groups excluding carboxylic acids is 1. The summed E-state index contributed by atoms with van der Waals surface area (Å²) in [6, 6.07) is 0.469. The maximum Gasteiger partial charge on any atom is 0.222 e. The Morgan fingerprint density at radius 3 is 2.16 bits per heavy atom. The summed E-state index contributed by atoms with van der Waals surface area (Å²) in [4.78, 5) is 14.3. The SMILES string of the molecule is CCCCCCCCCC(=O)N(CCC)C1CNC1. The topological polar surface area (TPSA) is 32.3 Å². The minimum atomic E-state index is 0.377. The normalized spacial score (nSPS) is 15.3. The Hall–Kier alpha value is -0.570. The molecule has 0 spiro atoms. The van der Waals surface area contributed by atoms with E-state index in [1.807, 2.05) is 0 Å². The van der Waals surface area contributed by atoms with Gasteiger partial charge in [0, 0.05) is 26.1 Å². The van der Waals surface area contributed by atoms with Crippen molar-refractivity contribution in [2.24, 2.45) is 0 Å². The van der Waals surface area contributed by atoms with E-state index in [0.29, 0.717) is 11.9 Å². The first kappa shape index (κ1) is 16.5. The zero-order valence-electron chi connectivity index (χ0n) is 12.9. The Bertz CT molecular complexity index is 239. The molecule has 0 unspecified atom stereocenters. The Kier molecular flexibility index (Phi) is 8.89. The lowest BCUT2D eigenvalue weighted by atomic mass is 10.1. The van der Waals surface area contributed by atoms with E-state index in [1.54, 1.807) is 0 Å². The van der Waals surface area contributed by atoms with Crippen molar-refractivity contribution in [2.45, 2.75) is 77.7 Å². The van der Waals surface area contributed by atoms with Gasteiger partial charge in [0.2, 0.25) is 5.91 Å². The van der Waals surface area contributed by atoms with Gasteiger partial charge in [-0.15, -0.1) is 0 Å². The molecular formula is C16H32N2O. The number of carbonyl (C=O) groups is 1. The highest BCUT2D eigenvalue weighted by Crippen LogP contribution is 2.12. The van der Waals surface area contributed by atoms with Crippen molar-refractivity contribution in [2.75, 3.05) is 19.6 Å². The first-order chi connectivity index (χ1) is 9.29. The van der Waals surface area contributed by atoms with Crippen molar-refractivity contribution in [3.8, 4) is 0 Å². The molecule has 0 bridgehead atoms. The quantitative estimate of drug-likeness (QED) is 0.583. The van der Waals surface area contributed by atoms with Crippen LogP contribution in [-0.4, -0.2) is 36.5 Å². The highest BCUT2D eigenvalue weighted by molar-refractivity contribution is 5.76. The Balaban J connectivity index is 2.07. The molecule has 0 radical (unpaired) electrons. The van der Waals surface area contributed by atoms with E-state index in [2.05, 4.69) is 24.1 Å². The van der Waals surface area contributed by atoms with Gasteiger partial charge in [0.05, 0.1) is 6.04 Å². The summed E-state index contributed by atoms with van der Waals surface area (Å²) in [5.74, 6) is 0.377. The molecular weight excluding hydrogens is 236 g/mol. The molecule has 1 aliphatic rings. The molecule has 0 aromatic rings. The predicted molar refractivity (Wildman–Crippen MR) is 81.3 cm³/mol. The molecule has 0 aliphatic carbocycles. The molecule has 1 fully saturated rings. The van der Waals surface area contributed by atoms with Crippen LogP contribution in [0, 0.1) is 0 Å². The standard InChI is InChI=1S/C16H32N2O/c1-3-5-6-7-8-9-10-11-16(19)18(12-4-2)15-13-17-14-15/h15,17H,3-14H2,1-2H3. The summed E-state index contributed by atoms with van der Waals surface area (Å²) in [5.41, 5.74) is 0. The molecule has 0 saturated carbocycles. The maximum atomic E-state index is 12.2. The molecule has 0 atom stereocenters. The van der Waals surface area contributed by atoms with Crippen LogP contribution in [0.2, 0.25) is 0 Å². The predicted octanol–water partition coefficient (Wildman–Crippen LogP) is 3.34. The van der Waals surface area contributed by atoms with Crippen molar-refractivity contribution in [1.29, 1.82) is 0 Å². The number of unbranched alkanes of at least 4 members (excludes halogenated alkanes) is 6. The Morgan fingerprint density at radius 1 is 1.00 bits per heavy atom. The van der Waals surface area contributed by atoms with Crippen molar-refractivity contribution >= 4 is 5.91 Å². The van der Waals surface area contributed by atoms with E-state index in [-0.39, 0.29) is 0 Å². The van der Waals surface area contributed by atoms with E-state index in [9.17, 15) is 4.79 Å². The van der Waals surface area contributed by atoms with Crippen LogP contribution >= 0.6 is 0 Å². The zero-order chi connectivity index (χ0) is 13.9. The molecule has 0 aromatic carbocycles. The minimum absolute atomic E-state index is 0.377. The molecule has 3 heteroatoms. The van der Waals surface area contributed by atoms with Crippen LogP contribution in [0.4, 0.5) is 0 Å². The molecule has 3 nitrogen and oxygen atoms in total. The van der Waals surface area contributed by atoms with Gasteiger partial charge in [0.1, 0.15) is 0 Å². The summed E-state index contributed by atoms with van der Waals surface area (Å²) in [6.45, 7) is 7.31. The lowest BCUT2D eigenvalue weighted by Crippen LogP contribution is -2.59. The van der Waals surface area contributed by atoms with E-state index >= 15 is 0 Å². The number of hydrogen-bond donors (Lipinski definition) is 1. The lowest BCUT2D eigenvalue weighted by molar-refractivity contribution is -0.134. The third-order valence-electron chi connectivity index (χ3n) is 3.98. The van der Waals surface area contributed by atoms with E-state index < -0.39 is 0 Å². The molecule has 0 aromatic heterocycles. The monoisotopic (exact) mass is 268 g/mol. The van der Waals surface area contributed by atoms with Gasteiger partial charge >= 0.3 is 0 Å². The molecule has 1 saturated heterocycles. The third kappa shape index (κ3) is 6.42. The summed E-state index contributed by atoms with van der Waals surface area (Å²) >= 11 is 0. The Labute approximate surface area is 119 Å². The number of amides is 1. The fourth-order valence-electron chi connectivity index (χ4n) is 2.62. The van der Waals surface area contributed by atoms with E-state index in [1.165, 1.54) is 38.5 Å². The smallest absolute Gasteiger partial charge is 0.222 e. The van der Waals surface area contributed by atoms with Crippen molar-refractivity contribution in [3.63, 3.8) is 0 Å². The van der Waals surface area contributed by atoms with Crippen LogP contribution in [0.3, 0.4) is 0 Å². The molecule has 1 N–H and O–H groups in total. The first-order valence-corrected chi connectivity index (χ1v) is 8.29. The number of nitrogens with zero attached hydrogens (tertiary/aromatic N) is 1. The van der Waals surface area contributed by atoms with Gasteiger partial charge in [0.15, 0.2) is 0 Å². The number of hydrogen-bond acceptors (Lipinski definition) is 2. The van der Waals surface area contributed by atoms with Crippen molar-refractivity contribution < 1.29 is 4.79 Å². The minimum Gasteiger partial charge on any atom is -0.337 e. The molecule has 1 heterocycles. The average molecular weight is 268 g/mol. The van der Waals surface area contributed by atoms with Gasteiger partial charge in [-0.2, -0.15) is 0 Å². The second-order valence-electron chi connectivity index (χ2n) is 5.77. The molecule has 1 aliphatic heterocycles. The summed E-state index contributed by atoms with van der Waals surface area (Å²) < 4.78 is 0. The number of rotatable bonds is 11. The van der Waals surface area contributed by atoms with E-state index in [4.69, 9.17) is 0 Å². The maximum absolute atomic E-state index is 12.2. The Morgan fingerprint density at radius 2 is 1.63 bits per heavy atom. The average Bonchev–Trinajstić information content (AvgIpc) is 2.35. The summed E-state index contributed by atoms with van der Waals surface area (Å²) in [5, 5.41) is 3.26. The largest absolute Gasteiger partial charge is 0.337 e. The lowest BCUT2D eigenvalue weighted by Gasteiger charge is -2.38. The van der Waals surface area contributed by atoms with E-state index in [0.717, 1.165) is 38.9 Å². The zero-order valence-corrected chi connectivity index (χ0v) is 12.9. The molecule has 19 heavy (non-hydrogen) atoms. The van der Waals surface area contributed by atoms with Crippen LogP contribution in [0.25, 0.3) is 0 Å². The van der Waals surface area contributed by atoms with Gasteiger partial charge < -0.3 is 10.2 Å². The highest BCUT2D eigenvalue weighted by Gasteiger charge is 2.27. The van der Waals surface area contributed by atoms with Crippen LogP contribution in [-0.2, 0) is 4.79 Å². The highest BCUT2D eigenvalue weighted by atomic mass is 16.2. The van der Waals surface area contributed by atoms with Crippen molar-refractivity contribution in [1.82, 2.24) is 10.2 Å². The first-order valence-electron chi connectivity index (χ1n) is 8.29. The van der Waals surface area contributed by atoms with Crippen LogP contribution in [0.15, 0.2) is 0 Å². The fraction of sp³-hybridized carbons (Fsp3) is 0.938. The summed E-state index contributed by atoms with van der Waals surface area (Å²) in [6.07, 6.45) is 10.8. The third-order valence-corrected chi connectivity index (χ3v) is 3.98. The van der Waals surface area contributed by atoms with Crippen LogP contribution < -0.4 is 5.32 Å². The second-order valence-corrected chi connectivity index (χ2v) is 5.77. The number of nitrogens with one attached hydrogen (secondary N) is 1. The van der Waals surface area contributed by atoms with Gasteiger partial charge in [-0.05, 0) is 12.8 Å².